The van der Waals surface area contributed by atoms with Crippen LogP contribution < -0.4 is 0 Å². The first kappa shape index (κ1) is 13.0. The average molecular weight is 259 g/mol. The molecule has 2 nitrogen and oxygen atoms in total. The van der Waals surface area contributed by atoms with Crippen LogP contribution in [-0.2, 0) is 0 Å². The monoisotopic (exact) mass is 259 g/mol. The molecule has 1 heterocycles. The SMILES string of the molecule is CCC(c1ccc(O)cc1)N1CCCC2CCCC21. The number of fused-ring (bicyclic) bond motifs is 1. The molecule has 3 unspecified atom stereocenters. The first-order valence-corrected chi connectivity index (χ1v) is 7.84. The Balaban J connectivity index is 1.82. The number of nitrogens with zero attached hydrogens (tertiary/aromatic N) is 1. The van der Waals surface area contributed by atoms with Crippen LogP contribution in [0.2, 0.25) is 0 Å². The summed E-state index contributed by atoms with van der Waals surface area (Å²) in [6.07, 6.45) is 8.20. The van der Waals surface area contributed by atoms with Gasteiger partial charge in [0.15, 0.2) is 0 Å². The molecule has 19 heavy (non-hydrogen) atoms. The summed E-state index contributed by atoms with van der Waals surface area (Å²) >= 11 is 0. The maximum Gasteiger partial charge on any atom is 0.115 e. The van der Waals surface area contributed by atoms with Crippen LogP contribution >= 0.6 is 0 Å². The zero-order valence-electron chi connectivity index (χ0n) is 11.9. The van der Waals surface area contributed by atoms with Crippen molar-refractivity contribution < 1.29 is 5.11 Å². The number of hydrogen-bond acceptors (Lipinski definition) is 2. The lowest BCUT2D eigenvalue weighted by molar-refractivity contribution is 0.0647. The van der Waals surface area contributed by atoms with E-state index in [1.807, 2.05) is 12.1 Å². The first-order chi connectivity index (χ1) is 9.29. The molecule has 1 aromatic rings. The second kappa shape index (κ2) is 5.54. The quantitative estimate of drug-likeness (QED) is 0.883. The molecule has 1 saturated carbocycles. The number of rotatable bonds is 3. The van der Waals surface area contributed by atoms with Crippen molar-refractivity contribution in [2.24, 2.45) is 5.92 Å². The van der Waals surface area contributed by atoms with E-state index in [2.05, 4.69) is 24.0 Å². The van der Waals surface area contributed by atoms with E-state index in [1.165, 1.54) is 44.2 Å². The van der Waals surface area contributed by atoms with Gasteiger partial charge in [-0.05, 0) is 62.3 Å². The van der Waals surface area contributed by atoms with Crippen LogP contribution in [-0.4, -0.2) is 22.6 Å². The minimum Gasteiger partial charge on any atom is -0.508 e. The van der Waals surface area contributed by atoms with Gasteiger partial charge in [0.1, 0.15) is 5.75 Å². The third-order valence-corrected chi connectivity index (χ3v) is 5.10. The van der Waals surface area contributed by atoms with E-state index in [0.717, 1.165) is 18.4 Å². The Bertz CT molecular complexity index is 414. The Hall–Kier alpha value is -1.02. The lowest BCUT2D eigenvalue weighted by Gasteiger charge is -2.43. The molecule has 3 atom stereocenters. The minimum absolute atomic E-state index is 0.371. The van der Waals surface area contributed by atoms with Crippen LogP contribution in [0.25, 0.3) is 0 Å². The van der Waals surface area contributed by atoms with Gasteiger partial charge < -0.3 is 5.11 Å². The van der Waals surface area contributed by atoms with Crippen molar-refractivity contribution in [3.05, 3.63) is 29.8 Å². The number of piperidine rings is 1. The molecule has 0 amide bonds. The summed E-state index contributed by atoms with van der Waals surface area (Å²) in [4.78, 5) is 2.76. The average Bonchev–Trinajstić information content (AvgIpc) is 2.91. The molecule has 2 fully saturated rings. The summed E-state index contributed by atoms with van der Waals surface area (Å²) in [6.45, 7) is 3.54. The van der Waals surface area contributed by atoms with Crippen LogP contribution in [0.3, 0.4) is 0 Å². The fourth-order valence-corrected chi connectivity index (χ4v) is 4.24. The fourth-order valence-electron chi connectivity index (χ4n) is 4.24. The van der Waals surface area contributed by atoms with Crippen molar-refractivity contribution in [1.29, 1.82) is 0 Å². The second-order valence-corrected chi connectivity index (χ2v) is 6.15. The lowest BCUT2D eigenvalue weighted by Crippen LogP contribution is -2.44. The zero-order valence-corrected chi connectivity index (χ0v) is 11.9. The van der Waals surface area contributed by atoms with Crippen LogP contribution in [0.4, 0.5) is 0 Å². The number of phenols is 1. The minimum atomic E-state index is 0.371. The van der Waals surface area contributed by atoms with E-state index in [9.17, 15) is 5.11 Å². The molecule has 1 aliphatic heterocycles. The van der Waals surface area contributed by atoms with Gasteiger partial charge in [-0.1, -0.05) is 25.5 Å². The van der Waals surface area contributed by atoms with Crippen LogP contribution in [0, 0.1) is 5.92 Å². The van der Waals surface area contributed by atoms with Gasteiger partial charge >= 0.3 is 0 Å². The van der Waals surface area contributed by atoms with Gasteiger partial charge in [-0.25, -0.2) is 0 Å². The second-order valence-electron chi connectivity index (χ2n) is 6.15. The molecule has 1 aromatic carbocycles. The Morgan fingerprint density at radius 3 is 2.63 bits per heavy atom. The van der Waals surface area contributed by atoms with Gasteiger partial charge in [-0.3, -0.25) is 4.90 Å². The number of benzene rings is 1. The van der Waals surface area contributed by atoms with Crippen molar-refractivity contribution in [2.75, 3.05) is 6.54 Å². The van der Waals surface area contributed by atoms with Crippen molar-refractivity contribution in [3.63, 3.8) is 0 Å². The van der Waals surface area contributed by atoms with E-state index in [4.69, 9.17) is 0 Å². The summed E-state index contributed by atoms with van der Waals surface area (Å²) in [5, 5.41) is 9.46. The molecule has 2 heteroatoms. The molecule has 1 aliphatic carbocycles. The molecule has 0 spiro atoms. The molecular weight excluding hydrogens is 234 g/mol. The molecule has 3 rings (SSSR count). The predicted molar refractivity (Wildman–Crippen MR) is 78.2 cm³/mol. The fraction of sp³-hybridized carbons (Fsp3) is 0.647. The highest BCUT2D eigenvalue weighted by atomic mass is 16.3. The molecule has 0 aromatic heterocycles. The van der Waals surface area contributed by atoms with Crippen molar-refractivity contribution >= 4 is 0 Å². The van der Waals surface area contributed by atoms with Crippen molar-refractivity contribution in [1.82, 2.24) is 4.90 Å². The van der Waals surface area contributed by atoms with E-state index in [1.54, 1.807) is 0 Å². The van der Waals surface area contributed by atoms with Crippen LogP contribution in [0.5, 0.6) is 5.75 Å². The zero-order chi connectivity index (χ0) is 13.2. The number of aromatic hydroxyl groups is 1. The normalized spacial score (nSPS) is 29.1. The van der Waals surface area contributed by atoms with Gasteiger partial charge in [0, 0.05) is 12.1 Å². The molecule has 0 bridgehead atoms. The third kappa shape index (κ3) is 2.51. The molecular formula is C17H25NO. The number of hydrogen-bond donors (Lipinski definition) is 1. The van der Waals surface area contributed by atoms with Gasteiger partial charge in [0.25, 0.3) is 0 Å². The Kier molecular flexibility index (Phi) is 3.79. The standard InChI is InChI=1S/C17H25NO/c1-2-16(14-8-10-15(19)11-9-14)18-12-4-6-13-5-3-7-17(13)18/h8-11,13,16-17,19H,2-7,12H2,1H3. The predicted octanol–water partition coefficient (Wildman–Crippen LogP) is 4.11. The topological polar surface area (TPSA) is 23.5 Å². The van der Waals surface area contributed by atoms with Crippen molar-refractivity contribution in [2.45, 2.75) is 57.5 Å². The largest absolute Gasteiger partial charge is 0.508 e. The Morgan fingerprint density at radius 2 is 1.89 bits per heavy atom. The van der Waals surface area contributed by atoms with Gasteiger partial charge in [0.05, 0.1) is 0 Å². The van der Waals surface area contributed by atoms with E-state index >= 15 is 0 Å². The summed E-state index contributed by atoms with van der Waals surface area (Å²) < 4.78 is 0. The van der Waals surface area contributed by atoms with Gasteiger partial charge in [-0.15, -0.1) is 0 Å². The summed E-state index contributed by atoms with van der Waals surface area (Å²) in [5.41, 5.74) is 1.37. The lowest BCUT2D eigenvalue weighted by atomic mass is 9.88. The van der Waals surface area contributed by atoms with E-state index in [0.29, 0.717) is 11.8 Å². The third-order valence-electron chi connectivity index (χ3n) is 5.10. The molecule has 1 saturated heterocycles. The molecule has 104 valence electrons. The smallest absolute Gasteiger partial charge is 0.115 e. The highest BCUT2D eigenvalue weighted by molar-refractivity contribution is 5.28. The van der Waals surface area contributed by atoms with E-state index < -0.39 is 0 Å². The van der Waals surface area contributed by atoms with E-state index in [-0.39, 0.29) is 0 Å². The van der Waals surface area contributed by atoms with Crippen LogP contribution in [0.1, 0.15) is 57.1 Å². The number of phenolic OH excluding ortho intramolecular Hbond substituents is 1. The first-order valence-electron chi connectivity index (χ1n) is 7.84. The summed E-state index contributed by atoms with van der Waals surface area (Å²) in [6, 6.07) is 9.20. The maximum absolute atomic E-state index is 9.46. The molecule has 2 aliphatic rings. The van der Waals surface area contributed by atoms with Crippen molar-refractivity contribution in [3.8, 4) is 5.75 Å². The summed E-state index contributed by atoms with van der Waals surface area (Å²) in [7, 11) is 0. The summed E-state index contributed by atoms with van der Waals surface area (Å²) in [5.74, 6) is 1.32. The van der Waals surface area contributed by atoms with Crippen LogP contribution in [0.15, 0.2) is 24.3 Å². The van der Waals surface area contributed by atoms with Gasteiger partial charge in [-0.2, -0.15) is 0 Å². The molecule has 1 N–H and O–H groups in total. The highest BCUT2D eigenvalue weighted by Gasteiger charge is 2.37. The Labute approximate surface area is 116 Å². The maximum atomic E-state index is 9.46. The highest BCUT2D eigenvalue weighted by Crippen LogP contribution is 2.41. The number of likely N-dealkylation sites (tertiary alicyclic amines) is 1. The molecule has 0 radical (unpaired) electrons. The van der Waals surface area contributed by atoms with Gasteiger partial charge in [0.2, 0.25) is 0 Å². The Morgan fingerprint density at radius 1 is 1.16 bits per heavy atom.